The van der Waals surface area contributed by atoms with Gasteiger partial charge in [0.15, 0.2) is 5.60 Å². The van der Waals surface area contributed by atoms with Gasteiger partial charge in [0.25, 0.3) is 5.91 Å². The van der Waals surface area contributed by atoms with Gasteiger partial charge in [0.2, 0.25) is 5.91 Å². The summed E-state index contributed by atoms with van der Waals surface area (Å²) in [7, 11) is 1.49. The van der Waals surface area contributed by atoms with Gasteiger partial charge in [0.1, 0.15) is 6.61 Å². The molecule has 2 amide bonds. The molecule has 1 fully saturated rings. The zero-order valence-corrected chi connectivity index (χ0v) is 16.9. The Morgan fingerprint density at radius 1 is 1.24 bits per heavy atom. The SMILES string of the molecule is CCNC(=O)[C@]1(Cc2ccccc2-c2ccncc2)CN(C(=O)COC)CCO1. The maximum absolute atomic E-state index is 13.1. The standard InChI is InChI=1S/C22H27N3O4/c1-3-24-21(27)22(16-25(12-13-29-22)20(26)15-28-2)14-18-6-4-5-7-19(18)17-8-10-23-11-9-17/h4-11H,3,12-16H2,1-2H3,(H,24,27)/t22-/m0/s1. The molecule has 0 radical (unpaired) electrons. The lowest BCUT2D eigenvalue weighted by molar-refractivity contribution is -0.167. The first kappa shape index (κ1) is 21.0. The van der Waals surface area contributed by atoms with Crippen molar-refractivity contribution in [2.45, 2.75) is 18.9 Å². The minimum Gasteiger partial charge on any atom is -0.375 e. The van der Waals surface area contributed by atoms with Gasteiger partial charge in [-0.15, -0.1) is 0 Å². The van der Waals surface area contributed by atoms with E-state index in [-0.39, 0.29) is 25.0 Å². The first-order valence-electron chi connectivity index (χ1n) is 9.77. The third kappa shape index (κ3) is 4.81. The van der Waals surface area contributed by atoms with E-state index in [9.17, 15) is 9.59 Å². The molecule has 7 nitrogen and oxygen atoms in total. The summed E-state index contributed by atoms with van der Waals surface area (Å²) in [6, 6.07) is 11.8. The normalized spacial score (nSPS) is 19.0. The molecule has 29 heavy (non-hydrogen) atoms. The Morgan fingerprint density at radius 3 is 2.72 bits per heavy atom. The number of hydrogen-bond acceptors (Lipinski definition) is 5. The van der Waals surface area contributed by atoms with Crippen LogP contribution in [0.15, 0.2) is 48.8 Å². The summed E-state index contributed by atoms with van der Waals surface area (Å²) < 4.78 is 11.1. The van der Waals surface area contributed by atoms with Crippen molar-refractivity contribution >= 4 is 11.8 Å². The number of likely N-dealkylation sites (N-methyl/N-ethyl adjacent to an activating group) is 1. The van der Waals surface area contributed by atoms with E-state index in [1.54, 1.807) is 17.3 Å². The van der Waals surface area contributed by atoms with E-state index in [1.165, 1.54) is 7.11 Å². The van der Waals surface area contributed by atoms with E-state index >= 15 is 0 Å². The van der Waals surface area contributed by atoms with Crippen molar-refractivity contribution in [1.82, 2.24) is 15.2 Å². The maximum atomic E-state index is 13.1. The van der Waals surface area contributed by atoms with Crippen LogP contribution in [-0.4, -0.2) is 67.3 Å². The summed E-state index contributed by atoms with van der Waals surface area (Å²) in [5, 5.41) is 2.88. The predicted octanol–water partition coefficient (Wildman–Crippen LogP) is 1.67. The molecule has 0 unspecified atom stereocenters. The smallest absolute Gasteiger partial charge is 0.254 e. The zero-order valence-electron chi connectivity index (χ0n) is 16.9. The number of nitrogens with zero attached hydrogens (tertiary/aromatic N) is 2. The van der Waals surface area contributed by atoms with Gasteiger partial charge < -0.3 is 19.7 Å². The Hall–Kier alpha value is -2.77. The summed E-state index contributed by atoms with van der Waals surface area (Å²) in [4.78, 5) is 31.2. The average molecular weight is 397 g/mol. The van der Waals surface area contributed by atoms with Crippen LogP contribution in [0.2, 0.25) is 0 Å². The lowest BCUT2D eigenvalue weighted by atomic mass is 9.87. The summed E-state index contributed by atoms with van der Waals surface area (Å²) in [5.41, 5.74) is 1.86. The topological polar surface area (TPSA) is 80.8 Å². The number of pyridine rings is 1. The molecule has 1 aliphatic rings. The number of methoxy groups -OCH3 is 1. The van der Waals surface area contributed by atoms with Crippen molar-refractivity contribution in [3.63, 3.8) is 0 Å². The van der Waals surface area contributed by atoms with Crippen LogP contribution in [0.25, 0.3) is 11.1 Å². The van der Waals surface area contributed by atoms with Crippen LogP contribution in [0.5, 0.6) is 0 Å². The Balaban J connectivity index is 1.95. The van der Waals surface area contributed by atoms with E-state index in [0.717, 1.165) is 16.7 Å². The fourth-order valence-electron chi connectivity index (χ4n) is 3.65. The molecule has 2 heterocycles. The number of morpholine rings is 1. The van der Waals surface area contributed by atoms with Gasteiger partial charge in [-0.1, -0.05) is 24.3 Å². The molecular weight excluding hydrogens is 370 g/mol. The van der Waals surface area contributed by atoms with E-state index in [2.05, 4.69) is 10.3 Å². The largest absolute Gasteiger partial charge is 0.375 e. The fraction of sp³-hybridized carbons (Fsp3) is 0.409. The number of ether oxygens (including phenoxy) is 2. The monoisotopic (exact) mass is 397 g/mol. The number of carbonyl (C=O) groups excluding carboxylic acids is 2. The Morgan fingerprint density at radius 2 is 2.00 bits per heavy atom. The molecule has 0 saturated carbocycles. The molecule has 1 saturated heterocycles. The molecule has 0 aliphatic carbocycles. The van der Waals surface area contributed by atoms with Gasteiger partial charge >= 0.3 is 0 Å². The molecule has 0 bridgehead atoms. The summed E-state index contributed by atoms with van der Waals surface area (Å²) in [5.74, 6) is -0.355. The van der Waals surface area contributed by atoms with Crippen molar-refractivity contribution in [3.05, 3.63) is 54.4 Å². The lowest BCUT2D eigenvalue weighted by Crippen LogP contribution is -2.62. The highest BCUT2D eigenvalue weighted by atomic mass is 16.5. The molecule has 154 valence electrons. The summed E-state index contributed by atoms with van der Waals surface area (Å²) in [6.07, 6.45) is 3.84. The first-order chi connectivity index (χ1) is 14.1. The Bertz CT molecular complexity index is 843. The van der Waals surface area contributed by atoms with Gasteiger partial charge in [-0.05, 0) is 35.7 Å². The van der Waals surface area contributed by atoms with Crippen molar-refractivity contribution in [1.29, 1.82) is 0 Å². The molecule has 3 rings (SSSR count). The molecule has 1 N–H and O–H groups in total. The van der Waals surface area contributed by atoms with Crippen LogP contribution in [0.4, 0.5) is 0 Å². The van der Waals surface area contributed by atoms with E-state index in [4.69, 9.17) is 9.47 Å². The van der Waals surface area contributed by atoms with Crippen LogP contribution >= 0.6 is 0 Å². The molecule has 1 aromatic heterocycles. The van der Waals surface area contributed by atoms with Gasteiger partial charge in [-0.2, -0.15) is 0 Å². The number of carbonyl (C=O) groups is 2. The minimum atomic E-state index is -1.15. The van der Waals surface area contributed by atoms with E-state index in [0.29, 0.717) is 26.1 Å². The van der Waals surface area contributed by atoms with Crippen molar-refractivity contribution in [2.24, 2.45) is 0 Å². The Kier molecular flexibility index (Phi) is 6.95. The minimum absolute atomic E-state index is 0.0148. The molecule has 1 aliphatic heterocycles. The van der Waals surface area contributed by atoms with Crippen molar-refractivity contribution in [2.75, 3.05) is 40.0 Å². The molecule has 2 aromatic rings. The second-order valence-electron chi connectivity index (χ2n) is 7.02. The number of amides is 2. The fourth-order valence-corrected chi connectivity index (χ4v) is 3.65. The highest BCUT2D eigenvalue weighted by Gasteiger charge is 2.45. The number of hydrogen-bond donors (Lipinski definition) is 1. The summed E-state index contributed by atoms with van der Waals surface area (Å²) >= 11 is 0. The lowest BCUT2D eigenvalue weighted by Gasteiger charge is -2.42. The highest BCUT2D eigenvalue weighted by molar-refractivity contribution is 5.88. The molecule has 1 aromatic carbocycles. The van der Waals surface area contributed by atoms with E-state index < -0.39 is 5.60 Å². The first-order valence-corrected chi connectivity index (χ1v) is 9.77. The summed E-state index contributed by atoms with van der Waals surface area (Å²) in [6.45, 7) is 3.26. The maximum Gasteiger partial charge on any atom is 0.254 e. The molecule has 0 spiro atoms. The second kappa shape index (κ2) is 9.62. The van der Waals surface area contributed by atoms with Crippen LogP contribution in [-0.2, 0) is 25.5 Å². The highest BCUT2D eigenvalue weighted by Crippen LogP contribution is 2.30. The van der Waals surface area contributed by atoms with Crippen LogP contribution in [0.1, 0.15) is 12.5 Å². The van der Waals surface area contributed by atoms with Gasteiger partial charge in [-0.3, -0.25) is 14.6 Å². The quantitative estimate of drug-likeness (QED) is 0.769. The van der Waals surface area contributed by atoms with Crippen molar-refractivity contribution in [3.8, 4) is 11.1 Å². The van der Waals surface area contributed by atoms with Crippen LogP contribution in [0.3, 0.4) is 0 Å². The predicted molar refractivity (Wildman–Crippen MR) is 109 cm³/mol. The van der Waals surface area contributed by atoms with Crippen LogP contribution < -0.4 is 5.32 Å². The second-order valence-corrected chi connectivity index (χ2v) is 7.02. The molecular formula is C22H27N3O4. The van der Waals surface area contributed by atoms with Crippen molar-refractivity contribution < 1.29 is 19.1 Å². The number of benzene rings is 1. The molecule has 7 heteroatoms. The third-order valence-electron chi connectivity index (χ3n) is 5.04. The zero-order chi connectivity index (χ0) is 20.7. The average Bonchev–Trinajstić information content (AvgIpc) is 2.75. The number of nitrogens with one attached hydrogen (secondary N) is 1. The van der Waals surface area contributed by atoms with Gasteiger partial charge in [0.05, 0.1) is 13.2 Å². The van der Waals surface area contributed by atoms with Crippen LogP contribution in [0, 0.1) is 0 Å². The van der Waals surface area contributed by atoms with Gasteiger partial charge in [0, 0.05) is 39.0 Å². The van der Waals surface area contributed by atoms with E-state index in [1.807, 2.05) is 43.3 Å². The third-order valence-corrected chi connectivity index (χ3v) is 5.04. The number of aromatic nitrogens is 1. The molecule has 1 atom stereocenters. The van der Waals surface area contributed by atoms with Gasteiger partial charge in [-0.25, -0.2) is 0 Å². The Labute approximate surface area is 171 Å². The number of rotatable bonds is 7.